The lowest BCUT2D eigenvalue weighted by molar-refractivity contribution is 0.137. The highest BCUT2D eigenvalue weighted by Gasteiger charge is 2.09. The van der Waals surface area contributed by atoms with E-state index in [0.29, 0.717) is 27.2 Å². The van der Waals surface area contributed by atoms with Gasteiger partial charge < -0.3 is 14.2 Å². The summed E-state index contributed by atoms with van der Waals surface area (Å²) < 4.78 is 15.6. The summed E-state index contributed by atoms with van der Waals surface area (Å²) in [6.45, 7) is 0.331. The number of nitrogens with one attached hydrogen (secondary N) is 1. The van der Waals surface area contributed by atoms with Gasteiger partial charge in [-0.2, -0.15) is 0 Å². The Bertz CT molecular complexity index is 662. The molecule has 0 spiro atoms. The standard InChI is InChI=1S/C16H15Cl2NO4/c1-21-15-10-12(18)4-7-14(15)19-16(20)23-9-8-22-13-5-2-11(17)3-6-13/h2-7,10H,8-9H2,1H3,(H,19,20). The van der Waals surface area contributed by atoms with Crippen molar-refractivity contribution in [2.24, 2.45) is 0 Å². The first-order valence-electron chi connectivity index (χ1n) is 6.74. The van der Waals surface area contributed by atoms with Crippen molar-refractivity contribution in [1.82, 2.24) is 0 Å². The van der Waals surface area contributed by atoms with Crippen molar-refractivity contribution in [1.29, 1.82) is 0 Å². The molecule has 0 bridgehead atoms. The molecule has 7 heteroatoms. The molecule has 0 heterocycles. The SMILES string of the molecule is COc1cc(Cl)ccc1NC(=O)OCCOc1ccc(Cl)cc1. The Labute approximate surface area is 144 Å². The molecule has 1 amide bonds. The molecule has 0 saturated heterocycles. The van der Waals surface area contributed by atoms with Gasteiger partial charge in [0.05, 0.1) is 12.8 Å². The molecule has 122 valence electrons. The number of hydrogen-bond acceptors (Lipinski definition) is 4. The van der Waals surface area contributed by atoms with Crippen LogP contribution >= 0.6 is 23.2 Å². The molecule has 0 aliphatic rings. The Morgan fingerprint density at radius 2 is 1.74 bits per heavy atom. The number of methoxy groups -OCH3 is 1. The Kier molecular flexibility index (Phi) is 6.38. The lowest BCUT2D eigenvalue weighted by Gasteiger charge is -2.11. The van der Waals surface area contributed by atoms with Gasteiger partial charge >= 0.3 is 6.09 Å². The van der Waals surface area contributed by atoms with Gasteiger partial charge in [-0.25, -0.2) is 4.79 Å². The molecular weight excluding hydrogens is 341 g/mol. The number of rotatable bonds is 6. The van der Waals surface area contributed by atoms with Gasteiger partial charge in [0.15, 0.2) is 0 Å². The molecular formula is C16H15Cl2NO4. The third-order valence-corrected chi connectivity index (χ3v) is 3.29. The number of carbonyl (C=O) groups excluding carboxylic acids is 1. The molecule has 2 rings (SSSR count). The van der Waals surface area contributed by atoms with Crippen LogP contribution < -0.4 is 14.8 Å². The highest BCUT2D eigenvalue weighted by atomic mass is 35.5. The zero-order valence-electron chi connectivity index (χ0n) is 12.3. The van der Waals surface area contributed by atoms with E-state index in [1.54, 1.807) is 42.5 Å². The van der Waals surface area contributed by atoms with Crippen LogP contribution in [-0.4, -0.2) is 26.4 Å². The van der Waals surface area contributed by atoms with Crippen LogP contribution in [0.5, 0.6) is 11.5 Å². The summed E-state index contributed by atoms with van der Waals surface area (Å²) in [5.74, 6) is 1.10. The van der Waals surface area contributed by atoms with Crippen molar-refractivity contribution in [3.05, 3.63) is 52.5 Å². The second kappa shape index (κ2) is 8.50. The van der Waals surface area contributed by atoms with Gasteiger partial charge in [-0.1, -0.05) is 23.2 Å². The normalized spacial score (nSPS) is 10.0. The fourth-order valence-corrected chi connectivity index (χ4v) is 2.03. The molecule has 0 fully saturated rings. The minimum atomic E-state index is -0.606. The number of carbonyl (C=O) groups is 1. The number of anilines is 1. The predicted octanol–water partition coefficient (Wildman–Crippen LogP) is 4.63. The second-order valence-corrected chi connectivity index (χ2v) is 5.28. The van der Waals surface area contributed by atoms with Gasteiger partial charge in [-0.05, 0) is 36.4 Å². The second-order valence-electron chi connectivity index (χ2n) is 4.41. The van der Waals surface area contributed by atoms with E-state index in [4.69, 9.17) is 37.4 Å². The molecule has 0 atom stereocenters. The van der Waals surface area contributed by atoms with Crippen molar-refractivity contribution >= 4 is 35.0 Å². The third-order valence-electron chi connectivity index (χ3n) is 2.80. The summed E-state index contributed by atoms with van der Waals surface area (Å²) in [5, 5.41) is 3.72. The first-order chi connectivity index (χ1) is 11.1. The maximum Gasteiger partial charge on any atom is 0.411 e. The smallest absolute Gasteiger partial charge is 0.411 e. The molecule has 0 aromatic heterocycles. The highest BCUT2D eigenvalue weighted by molar-refractivity contribution is 6.31. The zero-order valence-corrected chi connectivity index (χ0v) is 13.9. The number of amides is 1. The fraction of sp³-hybridized carbons (Fsp3) is 0.188. The van der Waals surface area contributed by atoms with E-state index < -0.39 is 6.09 Å². The van der Waals surface area contributed by atoms with Crippen molar-refractivity contribution in [3.8, 4) is 11.5 Å². The van der Waals surface area contributed by atoms with E-state index >= 15 is 0 Å². The van der Waals surface area contributed by atoms with Crippen LogP contribution in [0.25, 0.3) is 0 Å². The lowest BCUT2D eigenvalue weighted by atomic mass is 10.3. The predicted molar refractivity (Wildman–Crippen MR) is 89.9 cm³/mol. The minimum Gasteiger partial charge on any atom is -0.495 e. The van der Waals surface area contributed by atoms with Crippen LogP contribution in [0.3, 0.4) is 0 Å². The van der Waals surface area contributed by atoms with Crippen molar-refractivity contribution in [2.45, 2.75) is 0 Å². The van der Waals surface area contributed by atoms with E-state index in [2.05, 4.69) is 5.32 Å². The zero-order chi connectivity index (χ0) is 16.7. The van der Waals surface area contributed by atoms with Crippen molar-refractivity contribution < 1.29 is 19.0 Å². The molecule has 0 saturated carbocycles. The van der Waals surface area contributed by atoms with E-state index in [1.165, 1.54) is 7.11 Å². The molecule has 5 nitrogen and oxygen atoms in total. The summed E-state index contributed by atoms with van der Waals surface area (Å²) in [6.07, 6.45) is -0.606. The molecule has 23 heavy (non-hydrogen) atoms. The van der Waals surface area contributed by atoms with Crippen molar-refractivity contribution in [2.75, 3.05) is 25.6 Å². The van der Waals surface area contributed by atoms with Crippen LogP contribution in [0.1, 0.15) is 0 Å². The maximum atomic E-state index is 11.7. The lowest BCUT2D eigenvalue weighted by Crippen LogP contribution is -2.18. The van der Waals surface area contributed by atoms with Crippen LogP contribution in [0.2, 0.25) is 10.0 Å². The Hall–Kier alpha value is -2.11. The largest absolute Gasteiger partial charge is 0.495 e. The molecule has 1 N–H and O–H groups in total. The molecule has 0 radical (unpaired) electrons. The van der Waals surface area contributed by atoms with Gasteiger partial charge in [0.2, 0.25) is 0 Å². The average molecular weight is 356 g/mol. The molecule has 2 aromatic carbocycles. The fourth-order valence-electron chi connectivity index (χ4n) is 1.74. The van der Waals surface area contributed by atoms with E-state index in [9.17, 15) is 4.79 Å². The van der Waals surface area contributed by atoms with Crippen LogP contribution in [0, 0.1) is 0 Å². The first-order valence-corrected chi connectivity index (χ1v) is 7.50. The molecule has 0 aliphatic carbocycles. The maximum absolute atomic E-state index is 11.7. The number of benzene rings is 2. The highest BCUT2D eigenvalue weighted by Crippen LogP contribution is 2.27. The Morgan fingerprint density at radius 3 is 2.43 bits per heavy atom. The molecule has 0 unspecified atom stereocenters. The Balaban J connectivity index is 1.76. The van der Waals surface area contributed by atoms with Gasteiger partial charge in [-0.3, -0.25) is 5.32 Å². The number of halogens is 2. The van der Waals surface area contributed by atoms with Gasteiger partial charge in [0.25, 0.3) is 0 Å². The summed E-state index contributed by atoms with van der Waals surface area (Å²) in [4.78, 5) is 11.7. The summed E-state index contributed by atoms with van der Waals surface area (Å²) in [6, 6.07) is 11.8. The van der Waals surface area contributed by atoms with Crippen LogP contribution in [0.15, 0.2) is 42.5 Å². The van der Waals surface area contributed by atoms with Gasteiger partial charge in [0.1, 0.15) is 24.7 Å². The van der Waals surface area contributed by atoms with E-state index in [-0.39, 0.29) is 13.2 Å². The summed E-state index contributed by atoms with van der Waals surface area (Å²) in [7, 11) is 1.49. The topological polar surface area (TPSA) is 56.8 Å². The van der Waals surface area contributed by atoms with Crippen LogP contribution in [-0.2, 0) is 4.74 Å². The molecule has 2 aromatic rings. The van der Waals surface area contributed by atoms with E-state index in [1.807, 2.05) is 0 Å². The summed E-state index contributed by atoms with van der Waals surface area (Å²) in [5.41, 5.74) is 0.473. The average Bonchev–Trinajstić information content (AvgIpc) is 2.55. The number of hydrogen-bond donors (Lipinski definition) is 1. The summed E-state index contributed by atoms with van der Waals surface area (Å²) >= 11 is 11.6. The van der Waals surface area contributed by atoms with E-state index in [0.717, 1.165) is 0 Å². The minimum absolute atomic E-state index is 0.102. The van der Waals surface area contributed by atoms with Crippen LogP contribution in [0.4, 0.5) is 10.5 Å². The first kappa shape index (κ1) is 17.2. The Morgan fingerprint density at radius 1 is 1.04 bits per heavy atom. The van der Waals surface area contributed by atoms with Gasteiger partial charge in [-0.15, -0.1) is 0 Å². The third kappa shape index (κ3) is 5.54. The molecule has 0 aliphatic heterocycles. The van der Waals surface area contributed by atoms with Gasteiger partial charge in [0, 0.05) is 16.1 Å². The quantitative estimate of drug-likeness (QED) is 0.767. The number of ether oxygens (including phenoxy) is 3. The monoisotopic (exact) mass is 355 g/mol. The van der Waals surface area contributed by atoms with Crippen molar-refractivity contribution in [3.63, 3.8) is 0 Å².